The molecule has 0 atom stereocenters. The van der Waals surface area contributed by atoms with Crippen molar-refractivity contribution >= 4 is 55.4 Å². The number of hydrogen-bond donors (Lipinski definition) is 1. The van der Waals surface area contributed by atoms with Crippen LogP contribution in [0.1, 0.15) is 9.67 Å². The van der Waals surface area contributed by atoms with Gasteiger partial charge in [-0.25, -0.2) is 0 Å². The maximum atomic E-state index is 12.5. The van der Waals surface area contributed by atoms with Crippen LogP contribution in [-0.4, -0.2) is 21.1 Å². The van der Waals surface area contributed by atoms with Crippen molar-refractivity contribution in [2.75, 3.05) is 5.32 Å². The number of carbonyl (C=O) groups is 1. The minimum Gasteiger partial charge on any atom is -0.296 e. The molecular weight excluding hydrogens is 364 g/mol. The largest absolute Gasteiger partial charge is 0.296 e. The van der Waals surface area contributed by atoms with Crippen LogP contribution >= 0.6 is 34.3 Å². The van der Waals surface area contributed by atoms with E-state index in [4.69, 9.17) is 11.6 Å². The number of pyridine rings is 1. The Labute approximate surface area is 150 Å². The number of carbonyl (C=O) groups excluding carboxylic acids is 1. The van der Waals surface area contributed by atoms with Crippen LogP contribution in [0.2, 0.25) is 5.02 Å². The molecule has 1 amide bonds. The normalized spacial score (nSPS) is 10.9. The molecule has 0 aliphatic rings. The zero-order valence-electron chi connectivity index (χ0n) is 12.1. The van der Waals surface area contributed by atoms with E-state index in [1.807, 2.05) is 36.4 Å². The fourth-order valence-electron chi connectivity index (χ4n) is 2.20. The second-order valence-corrected chi connectivity index (χ2v) is 7.25. The summed E-state index contributed by atoms with van der Waals surface area (Å²) in [5.41, 5.74) is 0.905. The Bertz CT molecular complexity index is 1030. The molecule has 118 valence electrons. The quantitative estimate of drug-likeness (QED) is 0.565. The van der Waals surface area contributed by atoms with Crippen molar-refractivity contribution in [3.05, 3.63) is 58.7 Å². The van der Waals surface area contributed by atoms with Gasteiger partial charge in [0.05, 0.1) is 5.02 Å². The highest BCUT2D eigenvalue weighted by Gasteiger charge is 2.18. The lowest BCUT2D eigenvalue weighted by molar-refractivity contribution is 0.103. The molecule has 5 nitrogen and oxygen atoms in total. The van der Waals surface area contributed by atoms with Crippen LogP contribution in [0.5, 0.6) is 0 Å². The summed E-state index contributed by atoms with van der Waals surface area (Å²) in [4.78, 5) is 16.9. The van der Waals surface area contributed by atoms with Crippen LogP contribution in [0, 0.1) is 0 Å². The molecule has 0 fully saturated rings. The van der Waals surface area contributed by atoms with Gasteiger partial charge in [0.25, 0.3) is 5.91 Å². The van der Waals surface area contributed by atoms with Gasteiger partial charge in [0.15, 0.2) is 0 Å². The summed E-state index contributed by atoms with van der Waals surface area (Å²) in [6.45, 7) is 0. The van der Waals surface area contributed by atoms with Gasteiger partial charge in [0.2, 0.25) is 5.13 Å². The molecule has 4 aromatic rings. The van der Waals surface area contributed by atoms with E-state index in [1.54, 1.807) is 12.4 Å². The Balaban J connectivity index is 1.60. The Morgan fingerprint density at radius 2 is 1.83 bits per heavy atom. The first kappa shape index (κ1) is 15.2. The molecule has 3 heterocycles. The van der Waals surface area contributed by atoms with Crippen LogP contribution < -0.4 is 5.32 Å². The number of fused-ring (bicyclic) bond motifs is 1. The van der Waals surface area contributed by atoms with Crippen molar-refractivity contribution in [3.63, 3.8) is 0 Å². The molecule has 1 aromatic carbocycles. The van der Waals surface area contributed by atoms with E-state index >= 15 is 0 Å². The predicted molar refractivity (Wildman–Crippen MR) is 97.9 cm³/mol. The monoisotopic (exact) mass is 372 g/mol. The maximum absolute atomic E-state index is 12.5. The van der Waals surface area contributed by atoms with Crippen LogP contribution in [-0.2, 0) is 0 Å². The number of aromatic nitrogens is 3. The first-order valence-corrected chi connectivity index (χ1v) is 8.96. The van der Waals surface area contributed by atoms with E-state index in [2.05, 4.69) is 20.5 Å². The topological polar surface area (TPSA) is 67.8 Å². The molecule has 0 unspecified atom stereocenters. The van der Waals surface area contributed by atoms with Crippen LogP contribution in [0.25, 0.3) is 20.7 Å². The van der Waals surface area contributed by atoms with E-state index in [9.17, 15) is 4.79 Å². The van der Waals surface area contributed by atoms with Crippen molar-refractivity contribution in [2.45, 2.75) is 0 Å². The SMILES string of the molecule is O=C(Nc1nnc(-c2ccncc2)s1)c1sc2ccccc2c1Cl. The van der Waals surface area contributed by atoms with Gasteiger partial charge < -0.3 is 0 Å². The molecule has 0 aliphatic carbocycles. The van der Waals surface area contributed by atoms with Gasteiger partial charge in [-0.2, -0.15) is 0 Å². The number of benzene rings is 1. The molecule has 0 saturated carbocycles. The number of nitrogens with one attached hydrogen (secondary N) is 1. The highest BCUT2D eigenvalue weighted by molar-refractivity contribution is 7.22. The first-order chi connectivity index (χ1) is 11.7. The number of rotatable bonds is 3. The minimum atomic E-state index is -0.279. The molecule has 0 saturated heterocycles. The molecule has 1 N–H and O–H groups in total. The highest BCUT2D eigenvalue weighted by Crippen LogP contribution is 2.36. The number of hydrogen-bond acceptors (Lipinski definition) is 6. The third-order valence-corrected chi connectivity index (χ3v) is 5.88. The van der Waals surface area contributed by atoms with Gasteiger partial charge >= 0.3 is 0 Å². The first-order valence-electron chi connectivity index (χ1n) is 6.94. The Morgan fingerprint density at radius 3 is 2.62 bits per heavy atom. The van der Waals surface area contributed by atoms with Crippen LogP contribution in [0.15, 0.2) is 48.8 Å². The summed E-state index contributed by atoms with van der Waals surface area (Å²) in [6.07, 6.45) is 3.37. The van der Waals surface area contributed by atoms with Gasteiger partial charge in [-0.3, -0.25) is 15.1 Å². The Morgan fingerprint density at radius 1 is 1.04 bits per heavy atom. The third-order valence-electron chi connectivity index (χ3n) is 3.31. The van der Waals surface area contributed by atoms with Crippen molar-refractivity contribution in [1.29, 1.82) is 0 Å². The van der Waals surface area contributed by atoms with E-state index in [1.165, 1.54) is 22.7 Å². The van der Waals surface area contributed by atoms with Crippen molar-refractivity contribution in [3.8, 4) is 10.6 Å². The van der Waals surface area contributed by atoms with Gasteiger partial charge in [0, 0.05) is 28.0 Å². The zero-order chi connectivity index (χ0) is 16.5. The van der Waals surface area contributed by atoms with E-state index < -0.39 is 0 Å². The fourth-order valence-corrected chi connectivity index (χ4v) is 4.36. The summed E-state index contributed by atoms with van der Waals surface area (Å²) >= 11 is 8.99. The fraction of sp³-hybridized carbons (Fsp3) is 0. The smallest absolute Gasteiger partial charge is 0.269 e. The summed E-state index contributed by atoms with van der Waals surface area (Å²) in [5, 5.41) is 13.4. The van der Waals surface area contributed by atoms with Crippen molar-refractivity contribution < 1.29 is 4.79 Å². The summed E-state index contributed by atoms with van der Waals surface area (Å²) in [6, 6.07) is 11.3. The number of nitrogens with zero attached hydrogens (tertiary/aromatic N) is 3. The maximum Gasteiger partial charge on any atom is 0.269 e. The highest BCUT2D eigenvalue weighted by atomic mass is 35.5. The molecule has 0 aliphatic heterocycles. The summed E-state index contributed by atoms with van der Waals surface area (Å²) in [5.74, 6) is -0.279. The predicted octanol–water partition coefficient (Wildman–Crippen LogP) is 4.72. The molecule has 0 spiro atoms. The van der Waals surface area contributed by atoms with Crippen LogP contribution in [0.3, 0.4) is 0 Å². The molecular formula is C16H9ClN4OS2. The number of halogens is 1. The summed E-state index contributed by atoms with van der Waals surface area (Å²) in [7, 11) is 0. The van der Waals surface area contributed by atoms with Gasteiger partial charge in [-0.05, 0) is 18.2 Å². The van der Waals surface area contributed by atoms with E-state index in [0.717, 1.165) is 20.7 Å². The average Bonchev–Trinajstić information content (AvgIpc) is 3.21. The second kappa shape index (κ2) is 6.27. The molecule has 4 rings (SSSR count). The lowest BCUT2D eigenvalue weighted by atomic mass is 10.2. The zero-order valence-corrected chi connectivity index (χ0v) is 14.5. The molecule has 0 bridgehead atoms. The van der Waals surface area contributed by atoms with Gasteiger partial charge in [0.1, 0.15) is 9.88 Å². The van der Waals surface area contributed by atoms with Crippen molar-refractivity contribution in [1.82, 2.24) is 15.2 Å². The molecule has 8 heteroatoms. The van der Waals surface area contributed by atoms with Gasteiger partial charge in [-0.1, -0.05) is 41.1 Å². The lowest BCUT2D eigenvalue weighted by Crippen LogP contribution is -2.10. The molecule has 24 heavy (non-hydrogen) atoms. The van der Waals surface area contributed by atoms with Crippen molar-refractivity contribution in [2.24, 2.45) is 0 Å². The average molecular weight is 373 g/mol. The Hall–Kier alpha value is -2.35. The van der Waals surface area contributed by atoms with Crippen LogP contribution in [0.4, 0.5) is 5.13 Å². The second-order valence-electron chi connectivity index (χ2n) is 4.84. The standard InChI is InChI=1S/C16H9ClN4OS2/c17-12-10-3-1-2-4-11(10)23-13(12)14(22)19-16-21-20-15(24-16)9-5-7-18-8-6-9/h1-8H,(H,19,21,22). The lowest BCUT2D eigenvalue weighted by Gasteiger charge is -1.98. The summed E-state index contributed by atoms with van der Waals surface area (Å²) < 4.78 is 0.974. The number of amides is 1. The van der Waals surface area contributed by atoms with Gasteiger partial charge in [-0.15, -0.1) is 21.5 Å². The molecule has 0 radical (unpaired) electrons. The number of thiophene rings is 1. The van der Waals surface area contributed by atoms with E-state index in [-0.39, 0.29) is 5.91 Å². The Kier molecular flexibility index (Phi) is 3.97. The molecule has 3 aromatic heterocycles. The minimum absolute atomic E-state index is 0.279. The van der Waals surface area contributed by atoms with E-state index in [0.29, 0.717) is 15.0 Å². The third kappa shape index (κ3) is 2.77. The number of anilines is 1.